The molecule has 0 aliphatic heterocycles. The molecule has 0 fully saturated rings. The molecule has 0 aliphatic rings. The van der Waals surface area contributed by atoms with E-state index in [4.69, 9.17) is 0 Å². The third-order valence-electron chi connectivity index (χ3n) is 3.07. The average molecular weight is 291 g/mol. The van der Waals surface area contributed by atoms with Crippen LogP contribution in [0.1, 0.15) is 37.6 Å². The van der Waals surface area contributed by atoms with Crippen LogP contribution in [0, 0.1) is 6.92 Å². The molecule has 0 saturated heterocycles. The minimum Gasteiger partial charge on any atom is -0.338 e. The van der Waals surface area contributed by atoms with Crippen molar-refractivity contribution in [2.45, 2.75) is 39.5 Å². The Morgan fingerprint density at radius 1 is 1.30 bits per heavy atom. The van der Waals surface area contributed by atoms with Gasteiger partial charge in [0.05, 0.1) is 15.2 Å². The number of rotatable bonds is 6. The molecular weight excluding hydrogens is 270 g/mol. The lowest BCUT2D eigenvalue weighted by molar-refractivity contribution is 0.252. The SMILES string of the molecule is CCCCCCNC(=O)Nc1ccc2nc(C)sc2c1. The second-order valence-electron chi connectivity index (χ2n) is 4.86. The van der Waals surface area contributed by atoms with E-state index >= 15 is 0 Å². The van der Waals surface area contributed by atoms with Gasteiger partial charge >= 0.3 is 6.03 Å². The van der Waals surface area contributed by atoms with E-state index in [0.29, 0.717) is 0 Å². The molecule has 4 nitrogen and oxygen atoms in total. The van der Waals surface area contributed by atoms with Gasteiger partial charge in [0, 0.05) is 12.2 Å². The van der Waals surface area contributed by atoms with Gasteiger partial charge in [0.25, 0.3) is 0 Å². The Balaban J connectivity index is 1.83. The highest BCUT2D eigenvalue weighted by molar-refractivity contribution is 7.18. The number of aryl methyl sites for hydroxylation is 1. The average Bonchev–Trinajstić information content (AvgIpc) is 2.78. The molecule has 0 spiro atoms. The lowest BCUT2D eigenvalue weighted by Gasteiger charge is -2.07. The molecule has 1 heterocycles. The van der Waals surface area contributed by atoms with Gasteiger partial charge < -0.3 is 10.6 Å². The third-order valence-corrected chi connectivity index (χ3v) is 4.00. The Morgan fingerprint density at radius 3 is 2.95 bits per heavy atom. The number of nitrogens with zero attached hydrogens (tertiary/aromatic N) is 1. The zero-order chi connectivity index (χ0) is 14.4. The summed E-state index contributed by atoms with van der Waals surface area (Å²) < 4.78 is 1.10. The summed E-state index contributed by atoms with van der Waals surface area (Å²) in [7, 11) is 0. The molecule has 0 aliphatic carbocycles. The molecular formula is C15H21N3OS. The second kappa shape index (κ2) is 7.24. The molecule has 0 atom stereocenters. The molecule has 0 radical (unpaired) electrons. The molecule has 108 valence electrons. The summed E-state index contributed by atoms with van der Waals surface area (Å²) in [5.41, 5.74) is 1.80. The first-order valence-electron chi connectivity index (χ1n) is 7.11. The molecule has 0 unspecified atom stereocenters. The summed E-state index contributed by atoms with van der Waals surface area (Å²) in [6.45, 7) is 4.89. The van der Waals surface area contributed by atoms with Crippen LogP contribution in [0.5, 0.6) is 0 Å². The van der Waals surface area contributed by atoms with Crippen molar-refractivity contribution in [1.82, 2.24) is 10.3 Å². The first-order valence-corrected chi connectivity index (χ1v) is 7.92. The molecule has 1 aromatic carbocycles. The predicted octanol–water partition coefficient (Wildman–Crippen LogP) is 4.31. The van der Waals surface area contributed by atoms with Crippen molar-refractivity contribution in [3.8, 4) is 0 Å². The molecule has 2 amide bonds. The molecule has 20 heavy (non-hydrogen) atoms. The third kappa shape index (κ3) is 4.20. The number of aromatic nitrogens is 1. The van der Waals surface area contributed by atoms with Gasteiger partial charge in [-0.1, -0.05) is 26.2 Å². The lowest BCUT2D eigenvalue weighted by atomic mass is 10.2. The summed E-state index contributed by atoms with van der Waals surface area (Å²) in [6.07, 6.45) is 4.64. The number of carbonyl (C=O) groups excluding carboxylic acids is 1. The van der Waals surface area contributed by atoms with E-state index in [2.05, 4.69) is 22.5 Å². The van der Waals surface area contributed by atoms with Gasteiger partial charge in [-0.25, -0.2) is 9.78 Å². The minimum atomic E-state index is -0.137. The number of benzene rings is 1. The van der Waals surface area contributed by atoms with Crippen molar-refractivity contribution >= 4 is 33.3 Å². The number of anilines is 1. The highest BCUT2D eigenvalue weighted by atomic mass is 32.1. The van der Waals surface area contributed by atoms with Crippen LogP contribution in [0.3, 0.4) is 0 Å². The molecule has 0 bridgehead atoms. The predicted molar refractivity (Wildman–Crippen MR) is 85.5 cm³/mol. The topological polar surface area (TPSA) is 54.0 Å². The zero-order valence-corrected chi connectivity index (χ0v) is 12.8. The second-order valence-corrected chi connectivity index (χ2v) is 6.09. The maximum atomic E-state index is 11.8. The van der Waals surface area contributed by atoms with Crippen molar-refractivity contribution in [1.29, 1.82) is 0 Å². The van der Waals surface area contributed by atoms with Crippen LogP contribution in [-0.2, 0) is 0 Å². The van der Waals surface area contributed by atoms with Gasteiger partial charge in [-0.3, -0.25) is 0 Å². The Kier molecular flexibility index (Phi) is 5.35. The van der Waals surface area contributed by atoms with Crippen LogP contribution < -0.4 is 10.6 Å². The Hall–Kier alpha value is -1.62. The fraction of sp³-hybridized carbons (Fsp3) is 0.467. The number of unbranched alkanes of at least 4 members (excludes halogenated alkanes) is 3. The molecule has 5 heteroatoms. The van der Waals surface area contributed by atoms with Crippen LogP contribution >= 0.6 is 11.3 Å². The number of thiazole rings is 1. The summed E-state index contributed by atoms with van der Waals surface area (Å²) in [5, 5.41) is 6.78. The number of hydrogen-bond acceptors (Lipinski definition) is 3. The number of nitrogens with one attached hydrogen (secondary N) is 2. The molecule has 2 rings (SSSR count). The number of carbonyl (C=O) groups is 1. The monoisotopic (exact) mass is 291 g/mol. The minimum absolute atomic E-state index is 0.137. The number of fused-ring (bicyclic) bond motifs is 1. The first-order chi connectivity index (χ1) is 9.69. The molecule has 2 N–H and O–H groups in total. The van der Waals surface area contributed by atoms with Crippen molar-refractivity contribution < 1.29 is 4.79 Å². The Labute approximate surface area is 123 Å². The van der Waals surface area contributed by atoms with Crippen LogP contribution in [0.25, 0.3) is 10.2 Å². The fourth-order valence-corrected chi connectivity index (χ4v) is 2.91. The van der Waals surface area contributed by atoms with Gasteiger partial charge in [-0.2, -0.15) is 0 Å². The maximum Gasteiger partial charge on any atom is 0.319 e. The lowest BCUT2D eigenvalue weighted by Crippen LogP contribution is -2.29. The van der Waals surface area contributed by atoms with Gasteiger partial charge in [-0.05, 0) is 31.5 Å². The molecule has 2 aromatic rings. The van der Waals surface area contributed by atoms with E-state index in [1.54, 1.807) is 11.3 Å². The van der Waals surface area contributed by atoms with E-state index in [1.165, 1.54) is 19.3 Å². The fourth-order valence-electron chi connectivity index (χ4n) is 2.05. The Morgan fingerprint density at radius 2 is 2.15 bits per heavy atom. The highest BCUT2D eigenvalue weighted by Gasteiger charge is 2.04. The number of amides is 2. The standard InChI is InChI=1S/C15H21N3OS/c1-3-4-5-6-9-16-15(19)18-12-7-8-13-14(10-12)20-11(2)17-13/h7-8,10H,3-6,9H2,1-2H3,(H2,16,18,19). The van der Waals surface area contributed by atoms with Gasteiger partial charge in [0.2, 0.25) is 0 Å². The summed E-state index contributed by atoms with van der Waals surface area (Å²) in [5.74, 6) is 0. The van der Waals surface area contributed by atoms with Gasteiger partial charge in [0.15, 0.2) is 0 Å². The summed E-state index contributed by atoms with van der Waals surface area (Å²) >= 11 is 1.64. The first kappa shape index (κ1) is 14.8. The highest BCUT2D eigenvalue weighted by Crippen LogP contribution is 2.24. The number of hydrogen-bond donors (Lipinski definition) is 2. The number of urea groups is 1. The van der Waals surface area contributed by atoms with Crippen LogP contribution in [0.2, 0.25) is 0 Å². The molecule has 0 saturated carbocycles. The van der Waals surface area contributed by atoms with Crippen LogP contribution in [0.15, 0.2) is 18.2 Å². The van der Waals surface area contributed by atoms with Crippen molar-refractivity contribution in [2.75, 3.05) is 11.9 Å². The van der Waals surface area contributed by atoms with E-state index in [1.807, 2.05) is 25.1 Å². The van der Waals surface area contributed by atoms with E-state index in [0.717, 1.165) is 33.9 Å². The van der Waals surface area contributed by atoms with E-state index in [-0.39, 0.29) is 6.03 Å². The van der Waals surface area contributed by atoms with Gasteiger partial charge in [0.1, 0.15) is 0 Å². The molecule has 1 aromatic heterocycles. The van der Waals surface area contributed by atoms with Crippen LogP contribution in [0.4, 0.5) is 10.5 Å². The largest absolute Gasteiger partial charge is 0.338 e. The Bertz CT molecular complexity index is 580. The van der Waals surface area contributed by atoms with Crippen LogP contribution in [-0.4, -0.2) is 17.6 Å². The van der Waals surface area contributed by atoms with Crippen molar-refractivity contribution in [3.63, 3.8) is 0 Å². The van der Waals surface area contributed by atoms with E-state index in [9.17, 15) is 4.79 Å². The summed E-state index contributed by atoms with van der Waals surface area (Å²) in [4.78, 5) is 16.2. The normalized spacial score (nSPS) is 10.7. The van der Waals surface area contributed by atoms with E-state index < -0.39 is 0 Å². The smallest absolute Gasteiger partial charge is 0.319 e. The van der Waals surface area contributed by atoms with Gasteiger partial charge in [-0.15, -0.1) is 11.3 Å². The van der Waals surface area contributed by atoms with Crippen molar-refractivity contribution in [2.24, 2.45) is 0 Å². The maximum absolute atomic E-state index is 11.8. The zero-order valence-electron chi connectivity index (χ0n) is 12.0. The summed E-state index contributed by atoms with van der Waals surface area (Å²) in [6, 6.07) is 5.66. The quantitative estimate of drug-likeness (QED) is 0.779. The van der Waals surface area contributed by atoms with Crippen molar-refractivity contribution in [3.05, 3.63) is 23.2 Å².